The number of nitrogens with one attached hydrogen (secondary N) is 1. The number of fused-ring (bicyclic) bond motifs is 4. The predicted molar refractivity (Wildman–Crippen MR) is 107 cm³/mol. The lowest BCUT2D eigenvalue weighted by Crippen LogP contribution is -2.40. The maximum Gasteiger partial charge on any atom is 0.248 e. The van der Waals surface area contributed by atoms with Crippen LogP contribution in [0, 0.1) is 17.2 Å². The van der Waals surface area contributed by atoms with Crippen LogP contribution in [-0.2, 0) is 12.0 Å². The number of pyridine rings is 1. The third-order valence-corrected chi connectivity index (χ3v) is 5.55. The van der Waals surface area contributed by atoms with Crippen molar-refractivity contribution in [3.63, 3.8) is 0 Å². The molecule has 0 saturated carbocycles. The topological polar surface area (TPSA) is 69.0 Å². The van der Waals surface area contributed by atoms with Gasteiger partial charge in [-0.1, -0.05) is 29.9 Å². The predicted octanol–water partition coefficient (Wildman–Crippen LogP) is 4.03. The van der Waals surface area contributed by atoms with E-state index < -0.39 is 5.54 Å². The largest absolute Gasteiger partial charge is 0.326 e. The van der Waals surface area contributed by atoms with Gasteiger partial charge in [-0.15, -0.1) is 0 Å². The van der Waals surface area contributed by atoms with Crippen LogP contribution in [0.4, 0.5) is 0 Å². The van der Waals surface area contributed by atoms with Crippen molar-refractivity contribution in [3.8, 4) is 6.07 Å². The average Bonchev–Trinajstić information content (AvgIpc) is 2.66. The molecule has 1 heterocycles. The highest BCUT2D eigenvalue weighted by Gasteiger charge is 2.46. The molecule has 134 valence electrons. The van der Waals surface area contributed by atoms with Crippen molar-refractivity contribution in [1.82, 2.24) is 4.98 Å². The lowest BCUT2D eigenvalue weighted by molar-refractivity contribution is 0.413. The second-order valence-corrected chi connectivity index (χ2v) is 7.31. The molecule has 2 aromatic rings. The molecule has 1 aromatic carbocycles. The Balaban J connectivity index is 1.87. The third kappa shape index (κ3) is 2.86. The standard InChI is InChI=1S/C23H21N3O/c1-3-19-18-10-15(2)12-23(19,20-8-9-22(27)26-21(20)11-18)25-14-17-6-4-16(13-24)5-7-17/h3-10,14,18H,11-12H2,1-2H3,(H,26,27)/b19-3+,25-14?/t18-,23+/m0/s1. The van der Waals surface area contributed by atoms with E-state index in [-0.39, 0.29) is 11.5 Å². The molecule has 0 saturated heterocycles. The highest BCUT2D eigenvalue weighted by atomic mass is 16.1. The number of hydrogen-bond donors (Lipinski definition) is 1. The molecule has 4 nitrogen and oxygen atoms in total. The molecule has 1 N–H and O–H groups in total. The number of allylic oxidation sites excluding steroid dienone is 2. The first kappa shape index (κ1) is 17.2. The van der Waals surface area contributed by atoms with Gasteiger partial charge in [-0.25, -0.2) is 0 Å². The fourth-order valence-electron chi connectivity index (χ4n) is 4.48. The molecule has 4 rings (SSSR count). The van der Waals surface area contributed by atoms with Crippen LogP contribution in [-0.4, -0.2) is 11.2 Å². The Bertz CT molecular complexity index is 1080. The molecule has 0 unspecified atom stereocenters. The molecular weight excluding hydrogens is 334 g/mol. The lowest BCUT2D eigenvalue weighted by Gasteiger charge is -2.45. The molecule has 0 spiro atoms. The Morgan fingerprint density at radius 1 is 1.26 bits per heavy atom. The summed E-state index contributed by atoms with van der Waals surface area (Å²) in [6.07, 6.45) is 7.98. The van der Waals surface area contributed by atoms with Crippen LogP contribution >= 0.6 is 0 Å². The van der Waals surface area contributed by atoms with Crippen molar-refractivity contribution in [2.45, 2.75) is 32.2 Å². The Morgan fingerprint density at radius 3 is 2.74 bits per heavy atom. The summed E-state index contributed by atoms with van der Waals surface area (Å²) < 4.78 is 0. The van der Waals surface area contributed by atoms with E-state index in [2.05, 4.69) is 37.1 Å². The van der Waals surface area contributed by atoms with Gasteiger partial charge in [0, 0.05) is 35.9 Å². The van der Waals surface area contributed by atoms with Gasteiger partial charge in [-0.05, 0) is 49.6 Å². The maximum atomic E-state index is 11.9. The van der Waals surface area contributed by atoms with Crippen molar-refractivity contribution in [3.05, 3.63) is 92.4 Å². The first-order valence-corrected chi connectivity index (χ1v) is 9.18. The fourth-order valence-corrected chi connectivity index (χ4v) is 4.48. The fraction of sp³-hybridized carbons (Fsp3) is 0.261. The Morgan fingerprint density at radius 2 is 2.04 bits per heavy atom. The van der Waals surface area contributed by atoms with E-state index in [0.717, 1.165) is 29.7 Å². The number of hydrogen-bond acceptors (Lipinski definition) is 3. The first-order chi connectivity index (χ1) is 13.1. The van der Waals surface area contributed by atoms with E-state index in [1.54, 1.807) is 18.2 Å². The van der Waals surface area contributed by atoms with Crippen molar-refractivity contribution in [2.75, 3.05) is 0 Å². The van der Waals surface area contributed by atoms with Crippen LogP contribution in [0.3, 0.4) is 0 Å². The number of benzene rings is 1. The highest BCUT2D eigenvalue weighted by molar-refractivity contribution is 5.81. The van der Waals surface area contributed by atoms with Crippen LogP contribution in [0.2, 0.25) is 0 Å². The van der Waals surface area contributed by atoms with Gasteiger partial charge in [-0.3, -0.25) is 9.79 Å². The summed E-state index contributed by atoms with van der Waals surface area (Å²) >= 11 is 0. The minimum atomic E-state index is -0.482. The Hall–Kier alpha value is -3.19. The summed E-state index contributed by atoms with van der Waals surface area (Å²) in [5, 5.41) is 8.98. The van der Waals surface area contributed by atoms with Crippen LogP contribution in [0.5, 0.6) is 0 Å². The summed E-state index contributed by atoms with van der Waals surface area (Å²) in [7, 11) is 0. The second-order valence-electron chi connectivity index (χ2n) is 7.31. The van der Waals surface area contributed by atoms with E-state index in [1.807, 2.05) is 24.4 Å². The molecule has 0 amide bonds. The van der Waals surface area contributed by atoms with Crippen LogP contribution in [0.15, 0.2) is 69.5 Å². The van der Waals surface area contributed by atoms with E-state index >= 15 is 0 Å². The van der Waals surface area contributed by atoms with Gasteiger partial charge < -0.3 is 4.98 Å². The average molecular weight is 355 g/mol. The molecule has 4 heteroatoms. The summed E-state index contributed by atoms with van der Waals surface area (Å²) in [6.45, 7) is 4.22. The number of aromatic amines is 1. The van der Waals surface area contributed by atoms with Gasteiger partial charge in [0.1, 0.15) is 5.54 Å². The Kier molecular flexibility index (Phi) is 4.16. The normalized spacial score (nSPS) is 25.1. The summed E-state index contributed by atoms with van der Waals surface area (Å²) in [6, 6.07) is 13.1. The summed E-state index contributed by atoms with van der Waals surface area (Å²) in [5.41, 5.74) is 5.72. The molecule has 27 heavy (non-hydrogen) atoms. The Labute approximate surface area is 158 Å². The van der Waals surface area contributed by atoms with Crippen molar-refractivity contribution >= 4 is 6.21 Å². The second kappa shape index (κ2) is 6.51. The van der Waals surface area contributed by atoms with Gasteiger partial charge in [0.15, 0.2) is 0 Å². The molecule has 0 fully saturated rings. The number of nitrogens with zero attached hydrogens (tertiary/aromatic N) is 2. The molecule has 2 aliphatic carbocycles. The highest BCUT2D eigenvalue weighted by Crippen LogP contribution is 2.51. The number of H-pyrrole nitrogens is 1. The van der Waals surface area contributed by atoms with Crippen LogP contribution in [0.1, 0.15) is 42.7 Å². The molecule has 1 aromatic heterocycles. The van der Waals surface area contributed by atoms with E-state index in [4.69, 9.17) is 10.3 Å². The number of nitriles is 1. The minimum absolute atomic E-state index is 0.0670. The quantitative estimate of drug-likeness (QED) is 0.653. The molecule has 2 atom stereocenters. The van der Waals surface area contributed by atoms with E-state index in [9.17, 15) is 4.79 Å². The summed E-state index contributed by atoms with van der Waals surface area (Å²) in [5.74, 6) is 0.257. The maximum absolute atomic E-state index is 11.9. The van der Waals surface area contributed by atoms with Crippen molar-refractivity contribution in [1.29, 1.82) is 5.26 Å². The zero-order chi connectivity index (χ0) is 19.0. The SMILES string of the molecule is C/C=C1\[C@H]2C=C(C)C[C@]1(N=Cc1ccc(C#N)cc1)c1ccc(=O)[nH]c1C2. The van der Waals surface area contributed by atoms with Crippen molar-refractivity contribution < 1.29 is 0 Å². The van der Waals surface area contributed by atoms with Gasteiger partial charge >= 0.3 is 0 Å². The lowest BCUT2D eigenvalue weighted by atomic mass is 9.63. The number of aromatic nitrogens is 1. The van der Waals surface area contributed by atoms with Crippen LogP contribution in [0.25, 0.3) is 0 Å². The van der Waals surface area contributed by atoms with Gasteiger partial charge in [0.2, 0.25) is 5.56 Å². The molecule has 2 bridgehead atoms. The van der Waals surface area contributed by atoms with E-state index in [0.29, 0.717) is 5.56 Å². The smallest absolute Gasteiger partial charge is 0.248 e. The summed E-state index contributed by atoms with van der Waals surface area (Å²) in [4.78, 5) is 20.0. The first-order valence-electron chi connectivity index (χ1n) is 9.18. The number of aliphatic imine (C=N–C) groups is 1. The molecular formula is C23H21N3O. The van der Waals surface area contributed by atoms with Gasteiger partial charge in [0.05, 0.1) is 11.6 Å². The van der Waals surface area contributed by atoms with Gasteiger partial charge in [-0.2, -0.15) is 5.26 Å². The van der Waals surface area contributed by atoms with Gasteiger partial charge in [0.25, 0.3) is 0 Å². The molecule has 0 radical (unpaired) electrons. The molecule has 0 aliphatic heterocycles. The molecule has 2 aliphatic rings. The minimum Gasteiger partial charge on any atom is -0.326 e. The van der Waals surface area contributed by atoms with Crippen LogP contribution < -0.4 is 5.56 Å². The zero-order valence-corrected chi connectivity index (χ0v) is 15.5. The zero-order valence-electron chi connectivity index (χ0n) is 15.5. The number of rotatable bonds is 2. The third-order valence-electron chi connectivity index (χ3n) is 5.55. The monoisotopic (exact) mass is 355 g/mol. The van der Waals surface area contributed by atoms with E-state index in [1.165, 1.54) is 11.1 Å². The van der Waals surface area contributed by atoms with Crippen molar-refractivity contribution in [2.24, 2.45) is 10.9 Å².